The average molecular weight is 354 g/mol. The lowest BCUT2D eigenvalue weighted by Crippen LogP contribution is -2.06. The molecule has 1 aliphatic rings. The van der Waals surface area contributed by atoms with Crippen molar-refractivity contribution in [2.75, 3.05) is 31.4 Å². The molecule has 3 rings (SSSR count). The maximum Gasteiger partial charge on any atom is 0.142 e. The van der Waals surface area contributed by atoms with Gasteiger partial charge in [0.25, 0.3) is 0 Å². The highest BCUT2D eigenvalue weighted by Gasteiger charge is 2.08. The Kier molecular flexibility index (Phi) is 6.30. The van der Waals surface area contributed by atoms with Crippen molar-refractivity contribution in [1.82, 2.24) is 9.97 Å². The van der Waals surface area contributed by atoms with Crippen molar-refractivity contribution in [3.05, 3.63) is 42.2 Å². The van der Waals surface area contributed by atoms with Crippen molar-refractivity contribution in [3.8, 4) is 11.5 Å². The quantitative estimate of drug-likeness (QED) is 0.678. The van der Waals surface area contributed by atoms with Crippen LogP contribution >= 0.6 is 0 Å². The molecular formula is C20H26N4O2. The molecule has 0 radical (unpaired) electrons. The molecule has 1 aromatic carbocycles. The number of ether oxygens (including phenoxy) is 2. The Morgan fingerprint density at radius 2 is 1.92 bits per heavy atom. The van der Waals surface area contributed by atoms with E-state index >= 15 is 0 Å². The molecule has 138 valence electrons. The fraction of sp³-hybridized carbons (Fsp3) is 0.400. The lowest BCUT2D eigenvalue weighted by atomic mass is 9.97. The predicted octanol–water partition coefficient (Wildman–Crippen LogP) is 4.54. The molecular weight excluding hydrogens is 328 g/mol. The van der Waals surface area contributed by atoms with Crippen molar-refractivity contribution in [3.63, 3.8) is 0 Å². The van der Waals surface area contributed by atoms with Crippen LogP contribution < -0.4 is 20.1 Å². The molecule has 0 saturated heterocycles. The van der Waals surface area contributed by atoms with Crippen molar-refractivity contribution < 1.29 is 9.47 Å². The van der Waals surface area contributed by atoms with Crippen LogP contribution in [-0.4, -0.2) is 30.7 Å². The molecule has 0 fully saturated rings. The Morgan fingerprint density at radius 3 is 2.69 bits per heavy atom. The van der Waals surface area contributed by atoms with Gasteiger partial charge in [0.05, 0.1) is 19.9 Å². The van der Waals surface area contributed by atoms with Crippen LogP contribution in [0.25, 0.3) is 0 Å². The second kappa shape index (κ2) is 9.08. The summed E-state index contributed by atoms with van der Waals surface area (Å²) in [7, 11) is 3.28. The minimum atomic E-state index is 0.700. The summed E-state index contributed by atoms with van der Waals surface area (Å²) < 4.78 is 10.7. The highest BCUT2D eigenvalue weighted by Crippen LogP contribution is 2.31. The average Bonchev–Trinajstić information content (AvgIpc) is 2.69. The van der Waals surface area contributed by atoms with Crippen LogP contribution in [-0.2, 0) is 0 Å². The summed E-state index contributed by atoms with van der Waals surface area (Å²) in [6.07, 6.45) is 10.1. The summed E-state index contributed by atoms with van der Waals surface area (Å²) in [5, 5.41) is 6.65. The Labute approximate surface area is 154 Å². The SMILES string of the molecule is COc1ccc(OC)c(Nc2cc(NCCC3=CCCCC3)ncn2)c1. The monoisotopic (exact) mass is 354 g/mol. The van der Waals surface area contributed by atoms with Crippen molar-refractivity contribution in [2.45, 2.75) is 32.1 Å². The number of nitrogens with zero attached hydrogens (tertiary/aromatic N) is 2. The largest absolute Gasteiger partial charge is 0.497 e. The van der Waals surface area contributed by atoms with Gasteiger partial charge in [-0.3, -0.25) is 0 Å². The fourth-order valence-corrected chi connectivity index (χ4v) is 3.05. The zero-order valence-electron chi connectivity index (χ0n) is 15.4. The van der Waals surface area contributed by atoms with E-state index in [0.29, 0.717) is 5.82 Å². The first-order chi connectivity index (χ1) is 12.8. The summed E-state index contributed by atoms with van der Waals surface area (Å²) in [6, 6.07) is 7.49. The van der Waals surface area contributed by atoms with Gasteiger partial charge < -0.3 is 20.1 Å². The van der Waals surface area contributed by atoms with E-state index < -0.39 is 0 Å². The van der Waals surface area contributed by atoms with Gasteiger partial charge in [0.15, 0.2) is 0 Å². The number of rotatable bonds is 8. The Hall–Kier alpha value is -2.76. The molecule has 26 heavy (non-hydrogen) atoms. The lowest BCUT2D eigenvalue weighted by Gasteiger charge is -2.14. The zero-order valence-corrected chi connectivity index (χ0v) is 15.4. The highest BCUT2D eigenvalue weighted by molar-refractivity contribution is 5.67. The molecule has 1 aromatic heterocycles. The number of methoxy groups -OCH3 is 2. The molecule has 6 heteroatoms. The van der Waals surface area contributed by atoms with Crippen molar-refractivity contribution >= 4 is 17.3 Å². The number of nitrogens with one attached hydrogen (secondary N) is 2. The van der Waals surface area contributed by atoms with Crippen LogP contribution in [0, 0.1) is 0 Å². The third kappa shape index (κ3) is 4.88. The normalized spacial score (nSPS) is 13.7. The summed E-state index contributed by atoms with van der Waals surface area (Å²) in [4.78, 5) is 8.60. The van der Waals surface area contributed by atoms with E-state index in [1.807, 2.05) is 24.3 Å². The standard InChI is InChI=1S/C20H26N4O2/c1-25-16-8-9-18(26-2)17(12-16)24-20-13-19(22-14-23-20)21-11-10-15-6-4-3-5-7-15/h6,8-9,12-14H,3-5,7,10-11H2,1-2H3,(H2,21,22,23,24). The highest BCUT2D eigenvalue weighted by atomic mass is 16.5. The van der Waals surface area contributed by atoms with Crippen molar-refractivity contribution in [1.29, 1.82) is 0 Å². The molecule has 0 spiro atoms. The van der Waals surface area contributed by atoms with Gasteiger partial charge >= 0.3 is 0 Å². The maximum atomic E-state index is 5.40. The third-order valence-corrected chi connectivity index (χ3v) is 4.47. The van der Waals surface area contributed by atoms with Crippen LogP contribution in [0.15, 0.2) is 42.2 Å². The zero-order chi connectivity index (χ0) is 18.2. The van der Waals surface area contributed by atoms with Gasteiger partial charge in [-0.05, 0) is 44.2 Å². The second-order valence-corrected chi connectivity index (χ2v) is 6.26. The second-order valence-electron chi connectivity index (χ2n) is 6.26. The first-order valence-corrected chi connectivity index (χ1v) is 9.01. The summed E-state index contributed by atoms with van der Waals surface area (Å²) in [6.45, 7) is 0.880. The first-order valence-electron chi connectivity index (χ1n) is 9.01. The van der Waals surface area contributed by atoms with E-state index in [4.69, 9.17) is 9.47 Å². The van der Waals surface area contributed by atoms with Crippen LogP contribution in [0.4, 0.5) is 17.3 Å². The molecule has 1 heterocycles. The third-order valence-electron chi connectivity index (χ3n) is 4.47. The number of allylic oxidation sites excluding steroid dienone is 1. The molecule has 2 N–H and O–H groups in total. The van der Waals surface area contributed by atoms with Gasteiger partial charge in [-0.2, -0.15) is 0 Å². The molecule has 0 atom stereocenters. The topological polar surface area (TPSA) is 68.3 Å². The minimum Gasteiger partial charge on any atom is -0.497 e. The number of hydrogen-bond donors (Lipinski definition) is 2. The molecule has 0 bridgehead atoms. The summed E-state index contributed by atoms with van der Waals surface area (Å²) >= 11 is 0. The van der Waals surface area contributed by atoms with Crippen molar-refractivity contribution in [2.24, 2.45) is 0 Å². The lowest BCUT2D eigenvalue weighted by molar-refractivity contribution is 0.405. The predicted molar refractivity (Wildman–Crippen MR) is 105 cm³/mol. The first kappa shape index (κ1) is 18.0. The van der Waals surface area contributed by atoms with Gasteiger partial charge in [0, 0.05) is 18.7 Å². The Morgan fingerprint density at radius 1 is 1.04 bits per heavy atom. The maximum absolute atomic E-state index is 5.40. The van der Waals surface area contributed by atoms with Crippen LogP contribution in [0.2, 0.25) is 0 Å². The molecule has 0 amide bonds. The van der Waals surface area contributed by atoms with E-state index in [1.165, 1.54) is 25.7 Å². The van der Waals surface area contributed by atoms with Gasteiger partial charge in [-0.1, -0.05) is 11.6 Å². The Balaban J connectivity index is 1.63. The number of hydrogen-bond acceptors (Lipinski definition) is 6. The molecule has 1 aliphatic carbocycles. The van der Waals surface area contributed by atoms with Gasteiger partial charge in [-0.15, -0.1) is 0 Å². The molecule has 0 saturated carbocycles. The number of anilines is 3. The number of benzene rings is 1. The van der Waals surface area contributed by atoms with Crippen LogP contribution in [0.3, 0.4) is 0 Å². The van der Waals surface area contributed by atoms with Gasteiger partial charge in [0.2, 0.25) is 0 Å². The van der Waals surface area contributed by atoms with Gasteiger partial charge in [0.1, 0.15) is 29.5 Å². The smallest absolute Gasteiger partial charge is 0.142 e. The van der Waals surface area contributed by atoms with Gasteiger partial charge in [-0.25, -0.2) is 9.97 Å². The van der Waals surface area contributed by atoms with Crippen LogP contribution in [0.5, 0.6) is 11.5 Å². The molecule has 0 unspecified atom stereocenters. The van der Waals surface area contributed by atoms with E-state index in [9.17, 15) is 0 Å². The Bertz CT molecular complexity index is 761. The minimum absolute atomic E-state index is 0.700. The van der Waals surface area contributed by atoms with E-state index in [2.05, 4.69) is 26.7 Å². The number of aromatic nitrogens is 2. The van der Waals surface area contributed by atoms with E-state index in [1.54, 1.807) is 26.1 Å². The molecule has 6 nitrogen and oxygen atoms in total. The summed E-state index contributed by atoms with van der Waals surface area (Å²) in [5.74, 6) is 2.98. The molecule has 2 aromatic rings. The fourth-order valence-electron chi connectivity index (χ4n) is 3.05. The van der Waals surface area contributed by atoms with E-state index in [0.717, 1.165) is 36.0 Å². The summed E-state index contributed by atoms with van der Waals surface area (Å²) in [5.41, 5.74) is 2.35. The van der Waals surface area contributed by atoms with E-state index in [-0.39, 0.29) is 0 Å². The molecule has 0 aliphatic heterocycles. The van der Waals surface area contributed by atoms with Crippen LogP contribution in [0.1, 0.15) is 32.1 Å².